The van der Waals surface area contributed by atoms with Gasteiger partial charge in [0.25, 0.3) is 0 Å². The van der Waals surface area contributed by atoms with Crippen molar-refractivity contribution in [1.82, 2.24) is 9.78 Å². The van der Waals surface area contributed by atoms with Gasteiger partial charge in [0.15, 0.2) is 0 Å². The van der Waals surface area contributed by atoms with Gasteiger partial charge in [-0.1, -0.05) is 18.2 Å². The zero-order valence-electron chi connectivity index (χ0n) is 8.24. The van der Waals surface area contributed by atoms with E-state index in [0.717, 1.165) is 9.26 Å². The molecule has 0 amide bonds. The van der Waals surface area contributed by atoms with Gasteiger partial charge in [-0.2, -0.15) is 5.10 Å². The Morgan fingerprint density at radius 1 is 1.40 bits per heavy atom. The minimum Gasteiger partial charge on any atom is -0.267 e. The minimum atomic E-state index is -0.180. The Morgan fingerprint density at radius 3 is 2.73 bits per heavy atom. The standard InChI is InChI=1S/C11H10FIN2/c1-8-6-15(14-11(8)13)7-9-4-2-3-5-10(9)12/h2-6H,7H2,1H3. The van der Waals surface area contributed by atoms with Crippen molar-refractivity contribution in [3.05, 3.63) is 51.1 Å². The van der Waals surface area contributed by atoms with E-state index in [1.165, 1.54) is 6.07 Å². The summed E-state index contributed by atoms with van der Waals surface area (Å²) in [6.07, 6.45) is 1.92. The number of aromatic nitrogens is 2. The Morgan fingerprint density at radius 2 is 2.13 bits per heavy atom. The van der Waals surface area contributed by atoms with Crippen molar-refractivity contribution < 1.29 is 4.39 Å². The maximum absolute atomic E-state index is 13.3. The fourth-order valence-corrected chi connectivity index (χ4v) is 1.80. The number of nitrogens with zero attached hydrogens (tertiary/aromatic N) is 2. The largest absolute Gasteiger partial charge is 0.267 e. The van der Waals surface area contributed by atoms with E-state index in [2.05, 4.69) is 27.7 Å². The Hall–Kier alpha value is -0.910. The van der Waals surface area contributed by atoms with Crippen LogP contribution in [0.1, 0.15) is 11.1 Å². The molecule has 2 aromatic rings. The molecule has 4 heteroatoms. The molecule has 0 aliphatic heterocycles. The number of hydrogen-bond donors (Lipinski definition) is 0. The van der Waals surface area contributed by atoms with Crippen LogP contribution in [0.4, 0.5) is 4.39 Å². The molecule has 1 heterocycles. The molecule has 0 fully saturated rings. The van der Waals surface area contributed by atoms with Gasteiger partial charge in [-0.3, -0.25) is 4.68 Å². The summed E-state index contributed by atoms with van der Waals surface area (Å²) in [7, 11) is 0. The summed E-state index contributed by atoms with van der Waals surface area (Å²) < 4.78 is 16.1. The van der Waals surface area contributed by atoms with Crippen LogP contribution in [0.25, 0.3) is 0 Å². The number of hydrogen-bond acceptors (Lipinski definition) is 1. The lowest BCUT2D eigenvalue weighted by Gasteiger charge is -2.02. The predicted molar refractivity (Wildman–Crippen MR) is 65.2 cm³/mol. The van der Waals surface area contributed by atoms with Crippen LogP contribution in [-0.2, 0) is 6.54 Å². The van der Waals surface area contributed by atoms with E-state index in [-0.39, 0.29) is 5.82 Å². The molecule has 0 spiro atoms. The third-order valence-electron chi connectivity index (χ3n) is 2.17. The fourth-order valence-electron chi connectivity index (χ4n) is 1.38. The second kappa shape index (κ2) is 4.30. The molecule has 0 saturated heterocycles. The summed E-state index contributed by atoms with van der Waals surface area (Å²) in [5.74, 6) is -0.180. The summed E-state index contributed by atoms with van der Waals surface area (Å²) in [5, 5.41) is 4.28. The molecular formula is C11H10FIN2. The molecule has 0 unspecified atom stereocenters. The first-order valence-electron chi connectivity index (χ1n) is 4.60. The van der Waals surface area contributed by atoms with Crippen molar-refractivity contribution in [1.29, 1.82) is 0 Å². The van der Waals surface area contributed by atoms with Crippen LogP contribution in [-0.4, -0.2) is 9.78 Å². The maximum Gasteiger partial charge on any atom is 0.128 e. The van der Waals surface area contributed by atoms with Crippen LogP contribution in [0.15, 0.2) is 30.5 Å². The van der Waals surface area contributed by atoms with Crippen molar-refractivity contribution in [3.8, 4) is 0 Å². The predicted octanol–water partition coefficient (Wildman–Crippen LogP) is 2.98. The summed E-state index contributed by atoms with van der Waals surface area (Å²) in [6.45, 7) is 2.48. The van der Waals surface area contributed by atoms with Crippen molar-refractivity contribution in [3.63, 3.8) is 0 Å². The second-order valence-electron chi connectivity index (χ2n) is 3.39. The van der Waals surface area contributed by atoms with Crippen LogP contribution in [0.5, 0.6) is 0 Å². The highest BCUT2D eigenvalue weighted by atomic mass is 127. The van der Waals surface area contributed by atoms with Gasteiger partial charge in [-0.15, -0.1) is 0 Å². The van der Waals surface area contributed by atoms with Crippen molar-refractivity contribution in [2.24, 2.45) is 0 Å². The monoisotopic (exact) mass is 316 g/mol. The van der Waals surface area contributed by atoms with E-state index < -0.39 is 0 Å². The SMILES string of the molecule is Cc1cn(Cc2ccccc2F)nc1I. The van der Waals surface area contributed by atoms with Crippen molar-refractivity contribution in [2.45, 2.75) is 13.5 Å². The summed E-state index contributed by atoms with van der Waals surface area (Å²) in [5.41, 5.74) is 1.78. The lowest BCUT2D eigenvalue weighted by Crippen LogP contribution is -2.02. The highest BCUT2D eigenvalue weighted by Crippen LogP contribution is 2.12. The van der Waals surface area contributed by atoms with Gasteiger partial charge in [-0.25, -0.2) is 4.39 Å². The summed E-state index contributed by atoms with van der Waals surface area (Å²) in [6, 6.07) is 6.77. The highest BCUT2D eigenvalue weighted by Gasteiger charge is 2.04. The Kier molecular flexibility index (Phi) is 3.04. The normalized spacial score (nSPS) is 10.6. The lowest BCUT2D eigenvalue weighted by atomic mass is 10.2. The second-order valence-corrected chi connectivity index (χ2v) is 4.41. The molecule has 0 atom stereocenters. The van der Waals surface area contributed by atoms with E-state index in [9.17, 15) is 4.39 Å². The van der Waals surface area contributed by atoms with Gasteiger partial charge in [0.2, 0.25) is 0 Å². The Labute approximate surface area is 101 Å². The molecule has 0 aliphatic carbocycles. The molecule has 0 bridgehead atoms. The smallest absolute Gasteiger partial charge is 0.128 e. The van der Waals surface area contributed by atoms with Gasteiger partial charge in [0.05, 0.1) is 6.54 Å². The number of rotatable bonds is 2. The first kappa shape index (κ1) is 10.6. The molecule has 0 aliphatic rings. The Balaban J connectivity index is 2.26. The van der Waals surface area contributed by atoms with E-state index in [0.29, 0.717) is 12.1 Å². The van der Waals surface area contributed by atoms with Crippen molar-refractivity contribution in [2.75, 3.05) is 0 Å². The fraction of sp³-hybridized carbons (Fsp3) is 0.182. The zero-order valence-corrected chi connectivity index (χ0v) is 10.4. The molecule has 2 nitrogen and oxygen atoms in total. The van der Waals surface area contributed by atoms with Crippen molar-refractivity contribution >= 4 is 22.6 Å². The highest BCUT2D eigenvalue weighted by molar-refractivity contribution is 14.1. The number of halogens is 2. The van der Waals surface area contributed by atoms with Crippen LogP contribution in [0.3, 0.4) is 0 Å². The third kappa shape index (κ3) is 2.37. The summed E-state index contributed by atoms with van der Waals surface area (Å²) >= 11 is 2.17. The minimum absolute atomic E-state index is 0.180. The van der Waals surface area contributed by atoms with Crippen LogP contribution < -0.4 is 0 Å². The van der Waals surface area contributed by atoms with Gasteiger partial charge in [0.1, 0.15) is 9.52 Å². The summed E-state index contributed by atoms with van der Waals surface area (Å²) in [4.78, 5) is 0. The molecule has 0 saturated carbocycles. The van der Waals surface area contributed by atoms with Crippen LogP contribution >= 0.6 is 22.6 Å². The topological polar surface area (TPSA) is 17.8 Å². The Bertz CT molecular complexity index is 460. The molecular weight excluding hydrogens is 306 g/mol. The van der Waals surface area contributed by atoms with E-state index in [1.807, 2.05) is 19.2 Å². The third-order valence-corrected chi connectivity index (χ3v) is 3.24. The average Bonchev–Trinajstić information content (AvgIpc) is 2.50. The molecule has 1 aromatic heterocycles. The van der Waals surface area contributed by atoms with E-state index >= 15 is 0 Å². The lowest BCUT2D eigenvalue weighted by molar-refractivity contribution is 0.584. The van der Waals surface area contributed by atoms with E-state index in [4.69, 9.17) is 0 Å². The molecule has 78 valence electrons. The molecule has 2 rings (SSSR count). The van der Waals surface area contributed by atoms with Crippen LogP contribution in [0.2, 0.25) is 0 Å². The zero-order chi connectivity index (χ0) is 10.8. The number of aryl methyl sites for hydroxylation is 1. The first-order chi connectivity index (χ1) is 7.16. The molecule has 1 aromatic carbocycles. The molecule has 0 radical (unpaired) electrons. The van der Waals surface area contributed by atoms with Crippen LogP contribution in [0, 0.1) is 16.4 Å². The quantitative estimate of drug-likeness (QED) is 0.779. The van der Waals surface area contributed by atoms with Gasteiger partial charge in [-0.05, 0) is 35.6 Å². The number of benzene rings is 1. The molecule has 15 heavy (non-hydrogen) atoms. The maximum atomic E-state index is 13.3. The first-order valence-corrected chi connectivity index (χ1v) is 5.67. The average molecular weight is 316 g/mol. The van der Waals surface area contributed by atoms with Gasteiger partial charge < -0.3 is 0 Å². The molecule has 0 N–H and O–H groups in total. The van der Waals surface area contributed by atoms with E-state index in [1.54, 1.807) is 16.8 Å². The van der Waals surface area contributed by atoms with Gasteiger partial charge >= 0.3 is 0 Å². The van der Waals surface area contributed by atoms with Gasteiger partial charge in [0, 0.05) is 17.3 Å².